The van der Waals surface area contributed by atoms with Gasteiger partial charge in [0.25, 0.3) is 6.43 Å². The maximum Gasteiger partial charge on any atom is 0.264 e. The smallest absolute Gasteiger partial charge is 0.264 e. The highest BCUT2D eigenvalue weighted by molar-refractivity contribution is 8.00. The number of alkyl halides is 2. The van der Waals surface area contributed by atoms with Gasteiger partial charge in [-0.05, 0) is 41.7 Å². The zero-order valence-electron chi connectivity index (χ0n) is 15.1. The number of carbonyl (C=O) groups excluding carboxylic acids is 1. The van der Waals surface area contributed by atoms with Gasteiger partial charge in [0.05, 0.1) is 5.75 Å². The monoisotopic (exact) mass is 376 g/mol. The Bertz CT molecular complexity index is 810. The first-order chi connectivity index (χ1) is 12.4. The van der Waals surface area contributed by atoms with E-state index >= 15 is 0 Å². The van der Waals surface area contributed by atoms with Crippen LogP contribution in [0.25, 0.3) is 11.1 Å². The number of benzene rings is 1. The number of nitrogens with zero attached hydrogens (tertiary/aromatic N) is 2. The van der Waals surface area contributed by atoms with E-state index in [2.05, 4.69) is 18.8 Å². The number of aryl methyl sites for hydroxylation is 1. The Labute approximate surface area is 156 Å². The molecule has 0 N–H and O–H groups in total. The minimum absolute atomic E-state index is 0.0412. The third-order valence-corrected chi connectivity index (χ3v) is 5.71. The lowest BCUT2D eigenvalue weighted by Crippen LogP contribution is -2.31. The van der Waals surface area contributed by atoms with Gasteiger partial charge in [-0.25, -0.2) is 8.78 Å². The summed E-state index contributed by atoms with van der Waals surface area (Å²) in [5, 5.41) is -0.134. The molecule has 0 radical (unpaired) electrons. The number of halogens is 2. The molecule has 1 aliphatic heterocycles. The van der Waals surface area contributed by atoms with Crippen molar-refractivity contribution in [3.05, 3.63) is 53.3 Å². The molecule has 3 nitrogen and oxygen atoms in total. The van der Waals surface area contributed by atoms with Crippen LogP contribution in [-0.2, 0) is 4.79 Å². The Balaban J connectivity index is 2.04. The first kappa shape index (κ1) is 18.8. The maximum absolute atomic E-state index is 13.3. The van der Waals surface area contributed by atoms with E-state index in [1.807, 2.05) is 17.0 Å². The van der Waals surface area contributed by atoms with E-state index in [0.29, 0.717) is 23.8 Å². The number of pyridine rings is 1. The zero-order valence-corrected chi connectivity index (χ0v) is 15.9. The standard InChI is InChI=1S/C20H22F2N2OS/c1-12(2)10-24-18(25)11-26-20(24)17-9-23-7-6-15(17)14-5-4-13(3)16(8-14)19(21)22/h4-9,12,19-20H,10-11H2,1-3H3. The van der Waals surface area contributed by atoms with E-state index in [1.165, 1.54) is 0 Å². The van der Waals surface area contributed by atoms with E-state index in [9.17, 15) is 13.6 Å². The van der Waals surface area contributed by atoms with Gasteiger partial charge < -0.3 is 4.90 Å². The van der Waals surface area contributed by atoms with Gasteiger partial charge >= 0.3 is 0 Å². The lowest BCUT2D eigenvalue weighted by atomic mass is 9.97. The van der Waals surface area contributed by atoms with E-state index < -0.39 is 6.43 Å². The van der Waals surface area contributed by atoms with Crippen LogP contribution in [0, 0.1) is 12.8 Å². The molecule has 138 valence electrons. The van der Waals surface area contributed by atoms with Crippen LogP contribution in [0.2, 0.25) is 0 Å². The van der Waals surface area contributed by atoms with E-state index in [-0.39, 0.29) is 16.8 Å². The number of hydrogen-bond acceptors (Lipinski definition) is 3. The van der Waals surface area contributed by atoms with Crippen LogP contribution in [-0.4, -0.2) is 28.1 Å². The molecule has 1 saturated heterocycles. The Kier molecular flexibility index (Phi) is 5.61. The first-order valence-electron chi connectivity index (χ1n) is 8.62. The molecule has 2 heterocycles. The summed E-state index contributed by atoms with van der Waals surface area (Å²) in [5.41, 5.74) is 3.09. The molecule has 2 aromatic rings. The molecule has 0 bridgehead atoms. The second kappa shape index (κ2) is 7.74. The van der Waals surface area contributed by atoms with Gasteiger partial charge in [0.1, 0.15) is 5.37 Å². The molecule has 0 saturated carbocycles. The molecule has 1 unspecified atom stereocenters. The Morgan fingerprint density at radius 3 is 2.77 bits per heavy atom. The predicted octanol–water partition coefficient (Wildman–Crippen LogP) is 5.22. The molecule has 1 aromatic heterocycles. The van der Waals surface area contributed by atoms with E-state index in [4.69, 9.17) is 0 Å². The summed E-state index contributed by atoms with van der Waals surface area (Å²) in [5.74, 6) is 0.896. The van der Waals surface area contributed by atoms with Crippen LogP contribution in [0.3, 0.4) is 0 Å². The molecule has 1 amide bonds. The van der Waals surface area contributed by atoms with E-state index in [0.717, 1.165) is 16.7 Å². The van der Waals surface area contributed by atoms with Crippen molar-refractivity contribution in [2.45, 2.75) is 32.6 Å². The van der Waals surface area contributed by atoms with Gasteiger partial charge in [0.15, 0.2) is 0 Å². The summed E-state index contributed by atoms with van der Waals surface area (Å²) in [4.78, 5) is 18.4. The van der Waals surface area contributed by atoms with Crippen LogP contribution in [0.15, 0.2) is 36.7 Å². The number of rotatable bonds is 5. The second-order valence-electron chi connectivity index (χ2n) is 6.94. The van der Waals surface area contributed by atoms with Crippen LogP contribution >= 0.6 is 11.8 Å². The molecular formula is C20H22F2N2OS. The highest BCUT2D eigenvalue weighted by Gasteiger charge is 2.34. The highest BCUT2D eigenvalue weighted by atomic mass is 32.2. The number of aromatic nitrogens is 1. The average molecular weight is 376 g/mol. The fraction of sp³-hybridized carbons (Fsp3) is 0.400. The van der Waals surface area contributed by atoms with Gasteiger partial charge in [-0.15, -0.1) is 11.8 Å². The van der Waals surface area contributed by atoms with Gasteiger partial charge in [-0.3, -0.25) is 9.78 Å². The zero-order chi connectivity index (χ0) is 18.8. The fourth-order valence-corrected chi connectivity index (χ4v) is 4.43. The van der Waals surface area contributed by atoms with Crippen LogP contribution in [0.5, 0.6) is 0 Å². The number of amides is 1. The molecule has 1 atom stereocenters. The third-order valence-electron chi connectivity index (χ3n) is 4.47. The molecule has 0 aliphatic carbocycles. The topological polar surface area (TPSA) is 33.2 Å². The van der Waals surface area contributed by atoms with Crippen LogP contribution in [0.4, 0.5) is 8.78 Å². The van der Waals surface area contributed by atoms with Gasteiger partial charge in [0.2, 0.25) is 5.91 Å². The molecule has 6 heteroatoms. The third kappa shape index (κ3) is 3.75. The maximum atomic E-state index is 13.3. The Morgan fingerprint density at radius 2 is 2.08 bits per heavy atom. The number of thioether (sulfide) groups is 1. The molecule has 0 spiro atoms. The van der Waals surface area contributed by atoms with Crippen molar-refractivity contribution in [1.82, 2.24) is 9.88 Å². The van der Waals surface area contributed by atoms with Gasteiger partial charge in [-0.2, -0.15) is 0 Å². The lowest BCUT2D eigenvalue weighted by Gasteiger charge is -2.27. The summed E-state index contributed by atoms with van der Waals surface area (Å²) in [6.07, 6.45) is 0.899. The van der Waals surface area contributed by atoms with Crippen molar-refractivity contribution >= 4 is 17.7 Å². The largest absolute Gasteiger partial charge is 0.325 e. The first-order valence-corrected chi connectivity index (χ1v) is 9.67. The normalized spacial score (nSPS) is 17.6. The summed E-state index contributed by atoms with van der Waals surface area (Å²) in [6, 6.07) is 6.97. The molecule has 1 aliphatic rings. The molecular weight excluding hydrogens is 354 g/mol. The SMILES string of the molecule is Cc1ccc(-c2ccncc2C2SCC(=O)N2CC(C)C)cc1C(F)F. The molecule has 1 aromatic carbocycles. The van der Waals surface area contributed by atoms with Crippen LogP contribution < -0.4 is 0 Å². The van der Waals surface area contributed by atoms with Crippen molar-refractivity contribution in [3.8, 4) is 11.1 Å². The average Bonchev–Trinajstić information content (AvgIpc) is 2.95. The van der Waals surface area contributed by atoms with Crippen LogP contribution in [0.1, 0.15) is 42.3 Å². The minimum atomic E-state index is -2.51. The highest BCUT2D eigenvalue weighted by Crippen LogP contribution is 2.43. The summed E-state index contributed by atoms with van der Waals surface area (Å²) >= 11 is 1.56. The lowest BCUT2D eigenvalue weighted by molar-refractivity contribution is -0.128. The molecule has 26 heavy (non-hydrogen) atoms. The minimum Gasteiger partial charge on any atom is -0.325 e. The second-order valence-corrected chi connectivity index (χ2v) is 8.01. The van der Waals surface area contributed by atoms with Crippen molar-refractivity contribution in [2.24, 2.45) is 5.92 Å². The summed E-state index contributed by atoms with van der Waals surface area (Å²) in [6.45, 7) is 6.51. The summed E-state index contributed by atoms with van der Waals surface area (Å²) in [7, 11) is 0. The Morgan fingerprint density at radius 1 is 1.31 bits per heavy atom. The van der Waals surface area contributed by atoms with Gasteiger partial charge in [-0.1, -0.05) is 26.0 Å². The fourth-order valence-electron chi connectivity index (χ4n) is 3.21. The van der Waals surface area contributed by atoms with Crippen molar-refractivity contribution < 1.29 is 13.6 Å². The molecule has 1 fully saturated rings. The molecule has 3 rings (SSSR count). The van der Waals surface area contributed by atoms with Crippen molar-refractivity contribution in [3.63, 3.8) is 0 Å². The predicted molar refractivity (Wildman–Crippen MR) is 101 cm³/mol. The Hall–Kier alpha value is -1.95. The quantitative estimate of drug-likeness (QED) is 0.717. The summed E-state index contributed by atoms with van der Waals surface area (Å²) < 4.78 is 26.6. The number of hydrogen-bond donors (Lipinski definition) is 0. The number of carbonyl (C=O) groups is 1. The van der Waals surface area contributed by atoms with Crippen molar-refractivity contribution in [2.75, 3.05) is 12.3 Å². The van der Waals surface area contributed by atoms with Crippen molar-refractivity contribution in [1.29, 1.82) is 0 Å². The van der Waals surface area contributed by atoms with Gasteiger partial charge in [0, 0.05) is 30.1 Å². The van der Waals surface area contributed by atoms with E-state index in [1.54, 1.807) is 43.2 Å².